The van der Waals surface area contributed by atoms with E-state index < -0.39 is 79.2 Å². The Labute approximate surface area is 813 Å². The lowest BCUT2D eigenvalue weighted by Gasteiger charge is -2.40. The first-order chi connectivity index (χ1) is 58.0. The Morgan fingerprint density at radius 1 is 0.424 bits per heavy atom. The summed E-state index contributed by atoms with van der Waals surface area (Å²) in [5.74, 6) is -3.19. The van der Waals surface area contributed by atoms with Crippen molar-refractivity contribution in [1.82, 2.24) is 49.6 Å². The van der Waals surface area contributed by atoms with Gasteiger partial charge in [0.2, 0.25) is 5.88 Å². The Bertz CT molecular complexity index is 5020. The number of aliphatic hydroxyl groups is 1. The van der Waals surface area contributed by atoms with Crippen LogP contribution in [0.4, 0.5) is 14.4 Å². The molecule has 45 heteroatoms. The SMILES string of the molecule is CC(C)(C)OC(=O)N1CCC(Cc2nc(Cl)ccc2Br)(C(=O)O)CC1.CCOC(=O)C1(Cc2nc(Cl)ccc2Br)CCN(C(=O)OC(C)(C)C)CC1.COC(=O)c1nc(Cl)ccc1Br.COc1ccc(Br)c(CC2(C(=O)O)CCN(C(=O)OC(C)(C)C)CC2)n1.CS(=O)(=O)OCc1nc(Cl)ccc1Br.O=C(O)c1nc(Cl)ccc1Br.OCc1nc(Cl)ccc1Br. The number of nitrogens with zero attached hydrogens (tertiary/aromatic N) is 10. The smallest absolute Gasteiger partial charge is 0.410 e. The lowest BCUT2D eigenvalue weighted by Crippen LogP contribution is -2.49. The number of carbonyl (C=O) groups excluding carboxylic acids is 5. The Balaban J connectivity index is 0.000000316. The molecule has 3 saturated heterocycles. The van der Waals surface area contributed by atoms with Gasteiger partial charge in [0.05, 0.1) is 87.3 Å². The number of carboxylic acid groups (broad SMARTS) is 3. The molecule has 0 aliphatic carbocycles. The molecule has 3 aliphatic rings. The van der Waals surface area contributed by atoms with Crippen molar-refractivity contribution in [2.75, 3.05) is 66.4 Å². The molecule has 0 spiro atoms. The number of aliphatic carboxylic acids is 2. The topological polar surface area (TPSA) is 416 Å². The lowest BCUT2D eigenvalue weighted by molar-refractivity contribution is -0.158. The standard InChI is InChI=1S/C19H26BrClN2O4.C18H25BrN2O5.C17H22BrClN2O4.C7H7BrClNO3S.C7H5BrClNO2.C6H3BrClNO2.C6H5BrClNO/c1-5-26-16(24)19(12-14-13(20)6-7-15(21)22-14)8-10-23(11-9-19)17(25)27-18(2,3)4;1-17(2,3)26-16(24)21-9-7-18(8-10-21,15(22)23)11-13-12(19)5-6-14(20-13)25-4;1-16(2,3)25-15(24)21-8-6-17(7-9-21,14(22)23)10-12-11(18)4-5-13(19)20-12;1-14(11,12)13-4-6-5(8)2-3-7(9)10-6;1-12-7(11)6-4(8)2-3-5(9)10-6;7-3-1-2-4(8)9-5(3)6(10)11;7-4-1-2-6(8)9-5(4)3-10/h6-7H,5,8-12H2,1-4H3;5-6H,7-11H2,1-4H3,(H,22,23);4-5H,6-10H2,1-3H3,(H,22,23);2-3H,4H2,1H3;2-3H,1H3;1-2H,(H,10,11);1-2,10H,3H2. The molecule has 4 N–H and O–H groups in total. The molecular weight excluding hydrogens is 2240 g/mol. The first-order valence-corrected chi connectivity index (χ1v) is 47.1. The van der Waals surface area contributed by atoms with Gasteiger partial charge in [-0.25, -0.2) is 58.9 Å². The average Bonchev–Trinajstić information content (AvgIpc) is 0.792. The summed E-state index contributed by atoms with van der Waals surface area (Å²) in [7, 11) is -0.647. The fraction of sp³-hybridized carbons (Fsp3) is 0.463. The maximum atomic E-state index is 12.8. The normalized spacial score (nSPS) is 14.4. The number of aromatic nitrogens is 7. The van der Waals surface area contributed by atoms with Crippen molar-refractivity contribution in [3.8, 4) is 5.88 Å². The fourth-order valence-corrected chi connectivity index (χ4v) is 15.2. The van der Waals surface area contributed by atoms with Crippen LogP contribution in [0, 0.1) is 16.2 Å². The van der Waals surface area contributed by atoms with Crippen LogP contribution in [0.25, 0.3) is 0 Å². The Hall–Kier alpha value is -6.02. The minimum atomic E-state index is -3.46. The lowest BCUT2D eigenvalue weighted by atomic mass is 9.74. The van der Waals surface area contributed by atoms with Crippen LogP contribution in [0.15, 0.2) is 116 Å². The zero-order chi connectivity index (χ0) is 94.5. The number of ether oxygens (including phenoxy) is 6. The minimum Gasteiger partial charge on any atom is -0.481 e. The number of carboxylic acids is 3. The molecule has 7 aromatic rings. The number of carbonyl (C=O) groups is 8. The van der Waals surface area contributed by atoms with Gasteiger partial charge in [0.25, 0.3) is 10.1 Å². The third-order valence-corrected chi connectivity index (χ3v) is 24.4. The summed E-state index contributed by atoms with van der Waals surface area (Å²) in [6, 6.07) is 23.4. The van der Waals surface area contributed by atoms with E-state index in [1.807, 2.05) is 47.6 Å². The largest absolute Gasteiger partial charge is 0.481 e. The van der Waals surface area contributed by atoms with Crippen molar-refractivity contribution in [3.63, 3.8) is 0 Å². The van der Waals surface area contributed by atoms with Gasteiger partial charge < -0.3 is 63.5 Å². The van der Waals surface area contributed by atoms with Gasteiger partial charge in [0.1, 0.15) is 54.3 Å². The van der Waals surface area contributed by atoms with Crippen LogP contribution in [0.1, 0.15) is 157 Å². The Morgan fingerprint density at radius 2 is 0.712 bits per heavy atom. The molecule has 686 valence electrons. The third kappa shape index (κ3) is 38.1. The summed E-state index contributed by atoms with van der Waals surface area (Å²) in [6.45, 7) is 20.4. The number of rotatable bonds is 17. The van der Waals surface area contributed by atoms with Crippen molar-refractivity contribution < 1.29 is 99.8 Å². The molecule has 3 fully saturated rings. The van der Waals surface area contributed by atoms with E-state index in [1.165, 1.54) is 20.3 Å². The summed E-state index contributed by atoms with van der Waals surface area (Å²) in [5.41, 5.74) is -1.31. The number of aromatic carboxylic acids is 1. The number of pyridine rings is 7. The predicted octanol–water partition coefficient (Wildman–Crippen LogP) is 20.7. The summed E-state index contributed by atoms with van der Waals surface area (Å²) in [5, 5.41) is 38.7. The summed E-state index contributed by atoms with van der Waals surface area (Å²) in [4.78, 5) is 128. The molecule has 10 heterocycles. The van der Waals surface area contributed by atoms with Crippen molar-refractivity contribution in [2.24, 2.45) is 16.2 Å². The average molecular weight is 2330 g/mol. The number of piperidine rings is 3. The fourth-order valence-electron chi connectivity index (χ4n) is 11.3. The molecule has 0 bridgehead atoms. The minimum absolute atomic E-state index is 0.0718. The number of hydrogen-bond acceptors (Lipinski definition) is 25. The van der Waals surface area contributed by atoms with Gasteiger partial charge in [-0.15, -0.1) is 0 Å². The Kier molecular flexibility index (Phi) is 45.4. The molecule has 3 amide bonds. The first kappa shape index (κ1) is 111. The summed E-state index contributed by atoms with van der Waals surface area (Å²) >= 11 is 57.1. The number of esters is 2. The van der Waals surface area contributed by atoms with E-state index >= 15 is 0 Å². The van der Waals surface area contributed by atoms with Gasteiger partial charge in [0.15, 0.2) is 11.4 Å². The molecular formula is C80H93Br7Cl6N10O21S. The molecule has 10 rings (SSSR count). The highest BCUT2D eigenvalue weighted by molar-refractivity contribution is 9.11. The molecule has 0 atom stereocenters. The van der Waals surface area contributed by atoms with Crippen molar-refractivity contribution >= 4 is 239 Å². The van der Waals surface area contributed by atoms with Gasteiger partial charge in [-0.05, 0) is 298 Å². The molecule has 7 aromatic heterocycles. The monoisotopic (exact) mass is 2320 g/mol. The summed E-state index contributed by atoms with van der Waals surface area (Å²) < 4.78 is 61.8. The van der Waals surface area contributed by atoms with Crippen molar-refractivity contribution in [2.45, 2.75) is 157 Å². The van der Waals surface area contributed by atoms with Crippen molar-refractivity contribution in [1.29, 1.82) is 0 Å². The van der Waals surface area contributed by atoms with Gasteiger partial charge >= 0.3 is 48.1 Å². The number of amides is 3. The van der Waals surface area contributed by atoms with Crippen LogP contribution in [-0.2, 0) is 84.8 Å². The molecule has 125 heavy (non-hydrogen) atoms. The van der Waals surface area contributed by atoms with E-state index in [0.717, 1.165) is 24.1 Å². The maximum Gasteiger partial charge on any atom is 0.410 e. The second kappa shape index (κ2) is 51.0. The van der Waals surface area contributed by atoms with Gasteiger partial charge in [-0.2, -0.15) is 8.42 Å². The van der Waals surface area contributed by atoms with Crippen LogP contribution < -0.4 is 4.74 Å². The highest BCUT2D eigenvalue weighted by Crippen LogP contribution is 2.42. The van der Waals surface area contributed by atoms with Crippen molar-refractivity contribution in [3.05, 3.63) is 187 Å². The van der Waals surface area contributed by atoms with E-state index in [9.17, 15) is 57.0 Å². The van der Waals surface area contributed by atoms with E-state index in [4.69, 9.17) is 104 Å². The van der Waals surface area contributed by atoms with Crippen LogP contribution in [-0.4, -0.2) is 210 Å². The van der Waals surface area contributed by atoms with E-state index in [2.05, 4.69) is 155 Å². The molecule has 31 nitrogen and oxygen atoms in total. The number of aliphatic hydroxyl groups excluding tert-OH is 1. The molecule has 0 radical (unpaired) electrons. The van der Waals surface area contributed by atoms with Crippen LogP contribution in [0.5, 0.6) is 5.88 Å². The zero-order valence-electron chi connectivity index (χ0n) is 69.8. The van der Waals surface area contributed by atoms with E-state index in [-0.39, 0.29) is 59.8 Å². The highest BCUT2D eigenvalue weighted by atomic mass is 79.9. The third-order valence-electron chi connectivity index (χ3n) is 17.7. The van der Waals surface area contributed by atoms with Crippen LogP contribution in [0.2, 0.25) is 30.9 Å². The number of methoxy groups -OCH3 is 2. The molecule has 0 unspecified atom stereocenters. The van der Waals surface area contributed by atoms with Gasteiger partial charge in [-0.3, -0.25) is 18.6 Å². The number of hydrogen-bond donors (Lipinski definition) is 4. The second-order valence-electron chi connectivity index (χ2n) is 30.5. The van der Waals surface area contributed by atoms with Crippen LogP contribution >= 0.6 is 181 Å². The molecule has 0 saturated carbocycles. The maximum absolute atomic E-state index is 12.8. The first-order valence-electron chi connectivity index (χ1n) is 37.4. The highest BCUT2D eigenvalue weighted by Gasteiger charge is 2.47. The quantitative estimate of drug-likeness (QED) is 0.0285. The predicted molar refractivity (Wildman–Crippen MR) is 495 cm³/mol. The van der Waals surface area contributed by atoms with Gasteiger partial charge in [-0.1, -0.05) is 69.6 Å². The zero-order valence-corrected chi connectivity index (χ0v) is 86.3. The number of halogens is 13. The van der Waals surface area contributed by atoms with E-state index in [1.54, 1.807) is 115 Å². The molecule has 0 aromatic carbocycles. The summed E-state index contributed by atoms with van der Waals surface area (Å²) in [6.07, 6.45) is 3.03. The number of likely N-dealkylation sites (tertiary alicyclic amines) is 3. The molecule has 3 aliphatic heterocycles. The van der Waals surface area contributed by atoms with E-state index in [0.29, 0.717) is 159 Å². The Morgan fingerprint density at radius 3 is 1.02 bits per heavy atom. The van der Waals surface area contributed by atoms with Gasteiger partial charge in [0, 0.05) is 87.0 Å². The van der Waals surface area contributed by atoms with Crippen LogP contribution in [0.3, 0.4) is 0 Å². The second-order valence-corrected chi connectivity index (χ2v) is 40.4.